The van der Waals surface area contributed by atoms with Gasteiger partial charge in [-0.3, -0.25) is 0 Å². The molecule has 2 aliphatic carbocycles. The Labute approximate surface area is 148 Å². The van der Waals surface area contributed by atoms with Crippen molar-refractivity contribution in [2.45, 2.75) is 84.0 Å². The maximum absolute atomic E-state index is 13.1. The van der Waals surface area contributed by atoms with E-state index in [9.17, 15) is 4.39 Å². The molecule has 0 N–H and O–H groups in total. The van der Waals surface area contributed by atoms with Gasteiger partial charge in [0.2, 0.25) is 0 Å². The largest absolute Gasteiger partial charge is 0.207 e. The van der Waals surface area contributed by atoms with Crippen LogP contribution in [0.1, 0.15) is 89.5 Å². The fraction of sp³-hybridized carbons (Fsp3) is 0.739. The van der Waals surface area contributed by atoms with Crippen LogP contribution in [0.25, 0.3) is 0 Å². The molecular weight excluding hydrogens is 295 g/mol. The number of hydrogen-bond donors (Lipinski definition) is 0. The lowest BCUT2D eigenvalue weighted by atomic mass is 9.66. The van der Waals surface area contributed by atoms with E-state index in [1.807, 2.05) is 12.1 Å². The van der Waals surface area contributed by atoms with E-state index in [4.69, 9.17) is 0 Å². The van der Waals surface area contributed by atoms with E-state index < -0.39 is 0 Å². The zero-order valence-electron chi connectivity index (χ0n) is 15.6. The molecule has 1 atom stereocenters. The fourth-order valence-corrected chi connectivity index (χ4v) is 5.54. The molecule has 3 rings (SSSR count). The molecule has 1 unspecified atom stereocenters. The summed E-state index contributed by atoms with van der Waals surface area (Å²) < 4.78 is 13.1. The fourth-order valence-electron chi connectivity index (χ4n) is 5.54. The summed E-state index contributed by atoms with van der Waals surface area (Å²) in [4.78, 5) is 0. The van der Waals surface area contributed by atoms with E-state index in [0.717, 1.165) is 23.7 Å². The van der Waals surface area contributed by atoms with Crippen LogP contribution in [0.5, 0.6) is 0 Å². The summed E-state index contributed by atoms with van der Waals surface area (Å²) in [5.74, 6) is 4.44. The summed E-state index contributed by atoms with van der Waals surface area (Å²) >= 11 is 0. The van der Waals surface area contributed by atoms with Crippen molar-refractivity contribution in [3.63, 3.8) is 0 Å². The molecule has 0 spiro atoms. The van der Waals surface area contributed by atoms with Crippen LogP contribution in [-0.4, -0.2) is 0 Å². The van der Waals surface area contributed by atoms with Crippen molar-refractivity contribution in [3.8, 4) is 0 Å². The second-order valence-corrected chi connectivity index (χ2v) is 8.60. The minimum atomic E-state index is -0.110. The highest BCUT2D eigenvalue weighted by Crippen LogP contribution is 2.45. The van der Waals surface area contributed by atoms with E-state index in [0.29, 0.717) is 5.92 Å². The van der Waals surface area contributed by atoms with Gasteiger partial charge in [0.25, 0.3) is 0 Å². The van der Waals surface area contributed by atoms with Crippen LogP contribution in [0.2, 0.25) is 0 Å². The predicted molar refractivity (Wildman–Crippen MR) is 101 cm³/mol. The lowest BCUT2D eigenvalue weighted by Gasteiger charge is -2.39. The Bertz CT molecular complexity index is 475. The zero-order valence-corrected chi connectivity index (χ0v) is 15.6. The predicted octanol–water partition coefficient (Wildman–Crippen LogP) is 7.34. The van der Waals surface area contributed by atoms with Crippen LogP contribution in [0.15, 0.2) is 24.3 Å². The van der Waals surface area contributed by atoms with Crippen molar-refractivity contribution in [1.29, 1.82) is 0 Å². The van der Waals surface area contributed by atoms with Gasteiger partial charge in [-0.2, -0.15) is 0 Å². The molecule has 1 aromatic carbocycles. The van der Waals surface area contributed by atoms with Crippen molar-refractivity contribution in [1.82, 2.24) is 0 Å². The second-order valence-electron chi connectivity index (χ2n) is 8.60. The standard InChI is InChI=1S/C23H35F/c1-3-4-17(2)18-5-7-19(8-6-18)20-9-11-21(12-10-20)22-13-15-23(24)16-14-22/h13-21H,3-12H2,1-2H3. The average molecular weight is 331 g/mol. The van der Waals surface area contributed by atoms with Gasteiger partial charge in [0.15, 0.2) is 0 Å². The van der Waals surface area contributed by atoms with E-state index in [1.54, 1.807) is 12.1 Å². The second kappa shape index (κ2) is 8.50. The maximum Gasteiger partial charge on any atom is 0.123 e. The summed E-state index contributed by atoms with van der Waals surface area (Å²) in [5, 5.41) is 0. The van der Waals surface area contributed by atoms with Gasteiger partial charge in [0.1, 0.15) is 5.82 Å². The quantitative estimate of drug-likeness (QED) is 0.529. The first-order chi connectivity index (χ1) is 11.7. The molecule has 0 saturated heterocycles. The Morgan fingerprint density at radius 3 is 1.96 bits per heavy atom. The number of benzene rings is 1. The number of hydrogen-bond acceptors (Lipinski definition) is 0. The van der Waals surface area contributed by atoms with Crippen LogP contribution < -0.4 is 0 Å². The highest BCUT2D eigenvalue weighted by molar-refractivity contribution is 5.20. The molecule has 0 bridgehead atoms. The van der Waals surface area contributed by atoms with E-state index in [2.05, 4.69) is 13.8 Å². The van der Waals surface area contributed by atoms with E-state index >= 15 is 0 Å². The monoisotopic (exact) mass is 330 g/mol. The van der Waals surface area contributed by atoms with Gasteiger partial charge < -0.3 is 0 Å². The Morgan fingerprint density at radius 1 is 0.875 bits per heavy atom. The average Bonchev–Trinajstić information content (AvgIpc) is 2.63. The highest BCUT2D eigenvalue weighted by Gasteiger charge is 2.32. The number of halogens is 1. The highest BCUT2D eigenvalue weighted by atomic mass is 19.1. The SMILES string of the molecule is CCCC(C)C1CCC(C2CCC(c3ccc(F)cc3)CC2)CC1. The summed E-state index contributed by atoms with van der Waals surface area (Å²) in [6.07, 6.45) is 14.1. The Kier molecular flexibility index (Phi) is 6.36. The first-order valence-electron chi connectivity index (χ1n) is 10.4. The van der Waals surface area contributed by atoms with Gasteiger partial charge in [-0.25, -0.2) is 4.39 Å². The van der Waals surface area contributed by atoms with Crippen LogP contribution in [0.3, 0.4) is 0 Å². The van der Waals surface area contributed by atoms with E-state index in [1.165, 1.54) is 69.8 Å². The van der Waals surface area contributed by atoms with Crippen LogP contribution in [0.4, 0.5) is 4.39 Å². The van der Waals surface area contributed by atoms with Crippen molar-refractivity contribution in [3.05, 3.63) is 35.6 Å². The zero-order chi connectivity index (χ0) is 16.9. The summed E-state index contributed by atoms with van der Waals surface area (Å²) in [6.45, 7) is 4.80. The Morgan fingerprint density at radius 2 is 1.42 bits per heavy atom. The van der Waals surface area contributed by atoms with Gasteiger partial charge >= 0.3 is 0 Å². The molecule has 134 valence electrons. The summed E-state index contributed by atoms with van der Waals surface area (Å²) in [5.41, 5.74) is 1.35. The molecule has 2 fully saturated rings. The molecule has 2 aliphatic rings. The molecule has 24 heavy (non-hydrogen) atoms. The van der Waals surface area contributed by atoms with Crippen LogP contribution >= 0.6 is 0 Å². The Hall–Kier alpha value is -0.850. The first-order valence-corrected chi connectivity index (χ1v) is 10.4. The molecule has 2 saturated carbocycles. The number of rotatable bonds is 5. The van der Waals surface area contributed by atoms with Crippen molar-refractivity contribution < 1.29 is 4.39 Å². The Balaban J connectivity index is 1.45. The third kappa shape index (κ3) is 4.41. The third-order valence-electron chi connectivity index (χ3n) is 7.15. The van der Waals surface area contributed by atoms with Gasteiger partial charge in [0.05, 0.1) is 0 Å². The summed E-state index contributed by atoms with van der Waals surface area (Å²) in [7, 11) is 0. The molecule has 0 aliphatic heterocycles. The normalized spacial score (nSPS) is 32.5. The van der Waals surface area contributed by atoms with Gasteiger partial charge in [-0.05, 0) is 98.7 Å². The third-order valence-corrected chi connectivity index (χ3v) is 7.15. The van der Waals surface area contributed by atoms with Gasteiger partial charge in [-0.15, -0.1) is 0 Å². The van der Waals surface area contributed by atoms with Gasteiger partial charge in [0, 0.05) is 0 Å². The minimum Gasteiger partial charge on any atom is -0.207 e. The van der Waals surface area contributed by atoms with Crippen molar-refractivity contribution in [2.75, 3.05) is 0 Å². The molecule has 0 amide bonds. The van der Waals surface area contributed by atoms with E-state index in [-0.39, 0.29) is 5.82 Å². The molecule has 1 aromatic rings. The molecular formula is C23H35F. The minimum absolute atomic E-state index is 0.110. The van der Waals surface area contributed by atoms with Crippen molar-refractivity contribution in [2.24, 2.45) is 23.7 Å². The topological polar surface area (TPSA) is 0 Å². The maximum atomic E-state index is 13.1. The molecule has 0 heterocycles. The van der Waals surface area contributed by atoms with Gasteiger partial charge in [-0.1, -0.05) is 38.8 Å². The molecule has 0 aromatic heterocycles. The smallest absolute Gasteiger partial charge is 0.123 e. The molecule has 1 heteroatoms. The van der Waals surface area contributed by atoms with Crippen LogP contribution in [0, 0.1) is 29.5 Å². The molecule has 0 nitrogen and oxygen atoms in total. The lowest BCUT2D eigenvalue weighted by molar-refractivity contribution is 0.136. The summed E-state index contributed by atoms with van der Waals surface area (Å²) in [6, 6.07) is 7.25. The first kappa shape index (κ1) is 18.0. The van der Waals surface area contributed by atoms with Crippen LogP contribution in [-0.2, 0) is 0 Å². The lowest BCUT2D eigenvalue weighted by Crippen LogP contribution is -2.27. The van der Waals surface area contributed by atoms with Crippen molar-refractivity contribution >= 4 is 0 Å². The molecule has 0 radical (unpaired) electrons.